The van der Waals surface area contributed by atoms with Crippen molar-refractivity contribution in [2.75, 3.05) is 6.61 Å². The molecule has 6 heteroatoms. The summed E-state index contributed by atoms with van der Waals surface area (Å²) in [5.41, 5.74) is -0.759. The van der Waals surface area contributed by atoms with E-state index in [9.17, 15) is 17.9 Å². The van der Waals surface area contributed by atoms with Crippen LogP contribution in [0, 0.1) is 5.82 Å². The summed E-state index contributed by atoms with van der Waals surface area (Å²) >= 11 is 0. The Morgan fingerprint density at radius 3 is 2.59 bits per heavy atom. The Bertz CT molecular complexity index is 506. The predicted octanol–water partition coefficient (Wildman–Crippen LogP) is 1.02. The molecular weight excluding hydrogens is 245 g/mol. The first-order valence-electron chi connectivity index (χ1n) is 5.38. The highest BCUT2D eigenvalue weighted by atomic mass is 32.2. The molecule has 0 aliphatic heterocycles. The summed E-state index contributed by atoms with van der Waals surface area (Å²) < 4.78 is 39.3. The molecule has 2 N–H and O–H groups in total. The van der Waals surface area contributed by atoms with E-state index in [2.05, 4.69) is 4.72 Å². The topological polar surface area (TPSA) is 66.4 Å². The summed E-state index contributed by atoms with van der Waals surface area (Å²) in [6, 6.07) is 4.82. The number of aliphatic hydroxyl groups excluding tert-OH is 1. The van der Waals surface area contributed by atoms with Crippen LogP contribution >= 0.6 is 0 Å². The maximum Gasteiger partial charge on any atom is 0.241 e. The normalized spacial score (nSPS) is 18.7. The number of hydrogen-bond donors (Lipinski definition) is 2. The molecule has 1 aliphatic carbocycles. The van der Waals surface area contributed by atoms with Crippen molar-refractivity contribution in [1.29, 1.82) is 0 Å². The van der Waals surface area contributed by atoms with Gasteiger partial charge >= 0.3 is 0 Å². The molecule has 0 saturated heterocycles. The molecule has 0 amide bonds. The molecule has 4 nitrogen and oxygen atoms in total. The number of sulfonamides is 1. The minimum Gasteiger partial charge on any atom is -0.394 e. The fourth-order valence-electron chi connectivity index (χ4n) is 1.87. The largest absolute Gasteiger partial charge is 0.394 e. The Hall–Kier alpha value is -0.980. The van der Waals surface area contributed by atoms with Crippen LogP contribution in [0.25, 0.3) is 0 Å². The molecule has 0 unspecified atom stereocenters. The van der Waals surface area contributed by atoms with Gasteiger partial charge in [-0.1, -0.05) is 6.07 Å². The van der Waals surface area contributed by atoms with E-state index in [1.807, 2.05) is 0 Å². The molecule has 94 valence electrons. The first-order valence-corrected chi connectivity index (χ1v) is 6.86. The second-order valence-electron chi connectivity index (χ2n) is 4.35. The SMILES string of the molecule is O=S(=O)(NC1(CO)CCC1)c1cccc(F)c1. The number of nitrogens with one attached hydrogen (secondary N) is 1. The number of halogens is 1. The zero-order chi connectivity index (χ0) is 12.5. The smallest absolute Gasteiger partial charge is 0.241 e. The van der Waals surface area contributed by atoms with E-state index < -0.39 is 21.4 Å². The Morgan fingerprint density at radius 2 is 2.12 bits per heavy atom. The summed E-state index contributed by atoms with van der Waals surface area (Å²) in [6.07, 6.45) is 2.10. The third-order valence-electron chi connectivity index (χ3n) is 3.07. The molecule has 1 saturated carbocycles. The highest BCUT2D eigenvalue weighted by molar-refractivity contribution is 7.89. The Kier molecular flexibility index (Phi) is 3.20. The number of benzene rings is 1. The van der Waals surface area contributed by atoms with Crippen molar-refractivity contribution in [3.05, 3.63) is 30.1 Å². The van der Waals surface area contributed by atoms with E-state index in [1.54, 1.807) is 0 Å². The minimum absolute atomic E-state index is 0.114. The van der Waals surface area contributed by atoms with Gasteiger partial charge in [-0.2, -0.15) is 0 Å². The molecule has 17 heavy (non-hydrogen) atoms. The molecule has 0 atom stereocenters. The number of rotatable bonds is 4. The summed E-state index contributed by atoms with van der Waals surface area (Å²) in [7, 11) is -3.76. The first-order chi connectivity index (χ1) is 7.97. The van der Waals surface area contributed by atoms with Crippen LogP contribution in [-0.2, 0) is 10.0 Å². The second kappa shape index (κ2) is 4.36. The maximum absolute atomic E-state index is 13.0. The monoisotopic (exact) mass is 259 g/mol. The average Bonchev–Trinajstić information content (AvgIpc) is 2.24. The molecule has 1 fully saturated rings. The van der Waals surface area contributed by atoms with Crippen molar-refractivity contribution < 1.29 is 17.9 Å². The minimum atomic E-state index is -3.76. The molecule has 1 aromatic rings. The van der Waals surface area contributed by atoms with E-state index >= 15 is 0 Å². The van der Waals surface area contributed by atoms with Crippen molar-refractivity contribution in [1.82, 2.24) is 4.72 Å². The van der Waals surface area contributed by atoms with Gasteiger partial charge in [-0.15, -0.1) is 0 Å². The van der Waals surface area contributed by atoms with Gasteiger partial charge in [0.05, 0.1) is 17.0 Å². The Balaban J connectivity index is 2.25. The third kappa shape index (κ3) is 2.48. The number of aliphatic hydroxyl groups is 1. The summed E-state index contributed by atoms with van der Waals surface area (Å²) in [5, 5.41) is 9.20. The summed E-state index contributed by atoms with van der Waals surface area (Å²) in [5.74, 6) is -0.598. The molecule has 0 spiro atoms. The van der Waals surface area contributed by atoms with Gasteiger partial charge in [0, 0.05) is 0 Å². The first kappa shape index (κ1) is 12.5. The van der Waals surface area contributed by atoms with Gasteiger partial charge < -0.3 is 5.11 Å². The average molecular weight is 259 g/mol. The zero-order valence-corrected chi connectivity index (χ0v) is 10.0. The van der Waals surface area contributed by atoms with E-state index in [4.69, 9.17) is 0 Å². The van der Waals surface area contributed by atoms with Crippen LogP contribution in [0.5, 0.6) is 0 Å². The third-order valence-corrected chi connectivity index (χ3v) is 4.65. The molecule has 2 rings (SSSR count). The fraction of sp³-hybridized carbons (Fsp3) is 0.455. The lowest BCUT2D eigenvalue weighted by Gasteiger charge is -2.40. The van der Waals surface area contributed by atoms with Crippen molar-refractivity contribution in [3.63, 3.8) is 0 Å². The second-order valence-corrected chi connectivity index (χ2v) is 6.04. The number of hydrogen-bond acceptors (Lipinski definition) is 3. The van der Waals surface area contributed by atoms with Crippen LogP contribution in [-0.4, -0.2) is 25.7 Å². The highest BCUT2D eigenvalue weighted by Crippen LogP contribution is 2.32. The lowest BCUT2D eigenvalue weighted by molar-refractivity contribution is 0.110. The van der Waals surface area contributed by atoms with Crippen molar-refractivity contribution >= 4 is 10.0 Å². The van der Waals surface area contributed by atoms with E-state index in [0.29, 0.717) is 12.8 Å². The van der Waals surface area contributed by atoms with Crippen molar-refractivity contribution in [2.45, 2.75) is 29.7 Å². The van der Waals surface area contributed by atoms with Gasteiger partial charge in [-0.25, -0.2) is 17.5 Å². The van der Waals surface area contributed by atoms with Crippen molar-refractivity contribution in [3.8, 4) is 0 Å². The molecule has 0 bridgehead atoms. The van der Waals surface area contributed by atoms with Crippen LogP contribution in [0.1, 0.15) is 19.3 Å². The maximum atomic E-state index is 13.0. The van der Waals surface area contributed by atoms with E-state index in [0.717, 1.165) is 12.5 Å². The Morgan fingerprint density at radius 1 is 1.41 bits per heavy atom. The van der Waals surface area contributed by atoms with Gasteiger partial charge in [0.15, 0.2) is 0 Å². The lowest BCUT2D eigenvalue weighted by Crippen LogP contribution is -2.55. The molecular formula is C11H14FNO3S. The lowest BCUT2D eigenvalue weighted by atomic mass is 9.78. The van der Waals surface area contributed by atoms with Gasteiger partial charge in [0.1, 0.15) is 5.82 Å². The zero-order valence-electron chi connectivity index (χ0n) is 9.19. The predicted molar refractivity (Wildman–Crippen MR) is 60.4 cm³/mol. The summed E-state index contributed by atoms with van der Waals surface area (Å²) in [4.78, 5) is -0.114. The Labute approximate surface area is 99.5 Å². The molecule has 1 aliphatic rings. The van der Waals surface area contributed by atoms with Crippen LogP contribution in [0.3, 0.4) is 0 Å². The quantitative estimate of drug-likeness (QED) is 0.848. The van der Waals surface area contributed by atoms with Crippen LogP contribution in [0.4, 0.5) is 4.39 Å². The van der Waals surface area contributed by atoms with Crippen LogP contribution in [0.15, 0.2) is 29.2 Å². The molecule has 0 radical (unpaired) electrons. The molecule has 1 aromatic carbocycles. The van der Waals surface area contributed by atoms with Crippen molar-refractivity contribution in [2.24, 2.45) is 0 Å². The van der Waals surface area contributed by atoms with E-state index in [1.165, 1.54) is 18.2 Å². The highest BCUT2D eigenvalue weighted by Gasteiger charge is 2.40. The fourth-order valence-corrected chi connectivity index (χ4v) is 3.36. The molecule has 0 aromatic heterocycles. The summed E-state index contributed by atoms with van der Waals surface area (Å²) in [6.45, 7) is -0.235. The van der Waals surface area contributed by atoms with Crippen LogP contribution in [0.2, 0.25) is 0 Å². The van der Waals surface area contributed by atoms with Crippen LogP contribution < -0.4 is 4.72 Å². The van der Waals surface area contributed by atoms with Gasteiger partial charge in [0.25, 0.3) is 0 Å². The van der Waals surface area contributed by atoms with Gasteiger partial charge in [-0.05, 0) is 37.5 Å². The molecule has 0 heterocycles. The standard InChI is InChI=1S/C11H14FNO3S/c12-9-3-1-4-10(7-9)17(15,16)13-11(8-14)5-2-6-11/h1,3-4,7,13-14H,2,5-6,8H2. The van der Waals surface area contributed by atoms with Gasteiger partial charge in [0.2, 0.25) is 10.0 Å². The van der Waals surface area contributed by atoms with E-state index in [-0.39, 0.29) is 11.5 Å². The van der Waals surface area contributed by atoms with Gasteiger partial charge in [-0.3, -0.25) is 0 Å².